The zero-order valence-corrected chi connectivity index (χ0v) is 13.2. The third-order valence-corrected chi connectivity index (χ3v) is 2.73. The van der Waals surface area contributed by atoms with Crippen LogP contribution in [-0.2, 0) is 14.3 Å². The molecule has 0 saturated carbocycles. The van der Waals surface area contributed by atoms with Gasteiger partial charge in [0.2, 0.25) is 0 Å². The summed E-state index contributed by atoms with van der Waals surface area (Å²) in [5.41, 5.74) is 1.53. The maximum Gasteiger partial charge on any atom is 0.411 e. The summed E-state index contributed by atoms with van der Waals surface area (Å²) in [7, 11) is 0. The van der Waals surface area contributed by atoms with Gasteiger partial charge in [0.15, 0.2) is 0 Å². The Balaban J connectivity index is 2.76. The van der Waals surface area contributed by atoms with E-state index < -0.39 is 6.09 Å². The lowest BCUT2D eigenvalue weighted by Crippen LogP contribution is -2.18. The molecule has 0 aromatic heterocycles. The second-order valence-electron chi connectivity index (χ2n) is 5.48. The van der Waals surface area contributed by atoms with Gasteiger partial charge in [0.25, 0.3) is 0 Å². The molecule has 0 fully saturated rings. The molecule has 116 valence electrons. The lowest BCUT2D eigenvalue weighted by molar-refractivity contribution is -0.149. The molecular formula is C16H23NO4. The number of rotatable bonds is 5. The Labute approximate surface area is 125 Å². The molecule has 1 N–H and O–H groups in total. The van der Waals surface area contributed by atoms with Crippen molar-refractivity contribution in [2.75, 3.05) is 5.32 Å². The highest BCUT2D eigenvalue weighted by Gasteiger charge is 2.19. The van der Waals surface area contributed by atoms with Crippen molar-refractivity contribution in [2.45, 2.75) is 46.8 Å². The van der Waals surface area contributed by atoms with Gasteiger partial charge in [-0.25, -0.2) is 4.79 Å². The molecule has 0 aliphatic carbocycles. The van der Waals surface area contributed by atoms with Gasteiger partial charge in [0, 0.05) is 12.6 Å². The van der Waals surface area contributed by atoms with E-state index in [1.54, 1.807) is 26.0 Å². The number of benzene rings is 1. The first-order chi connectivity index (χ1) is 9.79. The predicted octanol–water partition coefficient (Wildman–Crippen LogP) is 3.90. The predicted molar refractivity (Wildman–Crippen MR) is 81.0 cm³/mol. The average molecular weight is 293 g/mol. The minimum atomic E-state index is -0.488. The second kappa shape index (κ2) is 7.67. The van der Waals surface area contributed by atoms with E-state index in [2.05, 4.69) is 5.32 Å². The summed E-state index contributed by atoms with van der Waals surface area (Å²) >= 11 is 0. The van der Waals surface area contributed by atoms with E-state index in [4.69, 9.17) is 9.47 Å². The van der Waals surface area contributed by atoms with Gasteiger partial charge in [-0.3, -0.25) is 10.1 Å². The van der Waals surface area contributed by atoms with Gasteiger partial charge in [-0.1, -0.05) is 26.0 Å². The topological polar surface area (TPSA) is 64.6 Å². The molecule has 0 aliphatic heterocycles. The van der Waals surface area contributed by atoms with Crippen molar-refractivity contribution < 1.29 is 19.1 Å². The van der Waals surface area contributed by atoms with E-state index in [1.807, 2.05) is 26.0 Å². The quantitative estimate of drug-likeness (QED) is 0.836. The fourth-order valence-corrected chi connectivity index (χ4v) is 1.89. The Morgan fingerprint density at radius 3 is 2.00 bits per heavy atom. The van der Waals surface area contributed by atoms with E-state index in [0.29, 0.717) is 5.69 Å². The third kappa shape index (κ3) is 5.85. The van der Waals surface area contributed by atoms with Gasteiger partial charge < -0.3 is 9.47 Å². The molecule has 0 aliphatic rings. The largest absolute Gasteiger partial charge is 0.457 e. The van der Waals surface area contributed by atoms with Crippen LogP contribution in [0.2, 0.25) is 0 Å². The molecule has 0 bridgehead atoms. The van der Waals surface area contributed by atoms with Crippen molar-refractivity contribution in [3.63, 3.8) is 0 Å². The van der Waals surface area contributed by atoms with E-state index in [1.165, 1.54) is 6.92 Å². The first kappa shape index (κ1) is 17.0. The van der Waals surface area contributed by atoms with Crippen molar-refractivity contribution in [3.8, 4) is 0 Å². The number of amides is 1. The molecule has 0 saturated heterocycles. The van der Waals surface area contributed by atoms with Gasteiger partial charge >= 0.3 is 12.1 Å². The van der Waals surface area contributed by atoms with Crippen LogP contribution in [-0.4, -0.2) is 18.2 Å². The number of anilines is 1. The van der Waals surface area contributed by atoms with Gasteiger partial charge in [0.05, 0.1) is 6.10 Å². The van der Waals surface area contributed by atoms with Gasteiger partial charge in [-0.05, 0) is 37.5 Å². The molecule has 21 heavy (non-hydrogen) atoms. The summed E-state index contributed by atoms with van der Waals surface area (Å²) in [6.07, 6.45) is -0.948. The minimum Gasteiger partial charge on any atom is -0.457 e. The Kier molecular flexibility index (Phi) is 6.21. The monoisotopic (exact) mass is 293 g/mol. The molecule has 1 amide bonds. The molecule has 1 atom stereocenters. The van der Waals surface area contributed by atoms with Crippen LogP contribution in [0.15, 0.2) is 24.3 Å². The molecule has 0 radical (unpaired) electrons. The highest BCUT2D eigenvalue weighted by Crippen LogP contribution is 2.27. The highest BCUT2D eigenvalue weighted by molar-refractivity contribution is 5.84. The number of carbonyl (C=O) groups is 2. The summed E-state index contributed by atoms with van der Waals surface area (Å²) < 4.78 is 10.3. The molecule has 1 aromatic rings. The molecule has 1 unspecified atom stereocenters. The maximum atomic E-state index is 11.5. The minimum absolute atomic E-state index is 0.165. The van der Waals surface area contributed by atoms with Crippen molar-refractivity contribution in [3.05, 3.63) is 29.8 Å². The zero-order valence-electron chi connectivity index (χ0n) is 13.2. The van der Waals surface area contributed by atoms with Gasteiger partial charge in [-0.15, -0.1) is 0 Å². The Morgan fingerprint density at radius 2 is 1.57 bits per heavy atom. The highest BCUT2D eigenvalue weighted by atomic mass is 16.6. The molecule has 0 heterocycles. The Hall–Kier alpha value is -2.04. The van der Waals surface area contributed by atoms with E-state index >= 15 is 0 Å². The molecule has 5 nitrogen and oxygen atoms in total. The number of hydrogen-bond acceptors (Lipinski definition) is 4. The fourth-order valence-electron chi connectivity index (χ4n) is 1.89. The van der Waals surface area contributed by atoms with Crippen LogP contribution in [0.5, 0.6) is 0 Å². The third-order valence-electron chi connectivity index (χ3n) is 2.73. The lowest BCUT2D eigenvalue weighted by Gasteiger charge is -2.21. The first-order valence-corrected chi connectivity index (χ1v) is 7.04. The Morgan fingerprint density at radius 1 is 1.00 bits per heavy atom. The van der Waals surface area contributed by atoms with Crippen molar-refractivity contribution in [1.82, 2.24) is 0 Å². The number of ether oxygens (including phenoxy) is 2. The molecular weight excluding hydrogens is 270 g/mol. The fraction of sp³-hybridized carbons (Fsp3) is 0.500. The SMILES string of the molecule is CC(=O)OC(c1ccc(NC(=O)OC(C)C)cc1)C(C)C. The smallest absolute Gasteiger partial charge is 0.411 e. The number of nitrogens with one attached hydrogen (secondary N) is 1. The van der Waals surface area contributed by atoms with E-state index in [0.717, 1.165) is 5.56 Å². The standard InChI is InChI=1S/C16H23NO4/c1-10(2)15(21-12(5)18)13-6-8-14(9-7-13)17-16(19)20-11(3)4/h6-11,15H,1-5H3,(H,17,19). The van der Waals surface area contributed by atoms with Crippen LogP contribution in [0.3, 0.4) is 0 Å². The average Bonchev–Trinajstić information content (AvgIpc) is 2.35. The first-order valence-electron chi connectivity index (χ1n) is 7.04. The summed E-state index contributed by atoms with van der Waals surface area (Å²) in [6.45, 7) is 8.94. The summed E-state index contributed by atoms with van der Waals surface area (Å²) in [6, 6.07) is 7.18. The number of hydrogen-bond donors (Lipinski definition) is 1. The van der Waals surface area contributed by atoms with Gasteiger partial charge in [0.1, 0.15) is 6.10 Å². The van der Waals surface area contributed by atoms with Crippen LogP contribution < -0.4 is 5.32 Å². The molecule has 5 heteroatoms. The van der Waals surface area contributed by atoms with Crippen LogP contribution in [0.25, 0.3) is 0 Å². The summed E-state index contributed by atoms with van der Waals surface area (Å²) in [4.78, 5) is 22.6. The van der Waals surface area contributed by atoms with Crippen LogP contribution in [0.4, 0.5) is 10.5 Å². The zero-order chi connectivity index (χ0) is 16.0. The summed E-state index contributed by atoms with van der Waals surface area (Å²) in [5, 5.41) is 2.64. The van der Waals surface area contributed by atoms with E-state index in [-0.39, 0.29) is 24.1 Å². The normalized spacial score (nSPS) is 12.1. The van der Waals surface area contributed by atoms with Crippen LogP contribution in [0.1, 0.15) is 46.3 Å². The molecule has 0 spiro atoms. The lowest BCUT2D eigenvalue weighted by atomic mass is 9.98. The van der Waals surface area contributed by atoms with Crippen LogP contribution in [0, 0.1) is 5.92 Å². The molecule has 1 aromatic carbocycles. The van der Waals surface area contributed by atoms with Crippen molar-refractivity contribution in [2.24, 2.45) is 5.92 Å². The van der Waals surface area contributed by atoms with E-state index in [9.17, 15) is 9.59 Å². The summed E-state index contributed by atoms with van der Waals surface area (Å²) in [5.74, 6) is -0.143. The van der Waals surface area contributed by atoms with Crippen molar-refractivity contribution >= 4 is 17.7 Å². The number of carbonyl (C=O) groups excluding carboxylic acids is 2. The second-order valence-corrected chi connectivity index (χ2v) is 5.48. The number of esters is 1. The molecule has 1 rings (SSSR count). The maximum absolute atomic E-state index is 11.5. The van der Waals surface area contributed by atoms with Gasteiger partial charge in [-0.2, -0.15) is 0 Å². The van der Waals surface area contributed by atoms with Crippen molar-refractivity contribution in [1.29, 1.82) is 0 Å². The van der Waals surface area contributed by atoms with Crippen LogP contribution >= 0.6 is 0 Å². The Bertz CT molecular complexity index is 480.